The van der Waals surface area contributed by atoms with Crippen LogP contribution >= 0.6 is 22.6 Å². The molecule has 74 valence electrons. The second kappa shape index (κ2) is 4.41. The predicted molar refractivity (Wildman–Crippen MR) is 62.7 cm³/mol. The van der Waals surface area contributed by atoms with Crippen molar-refractivity contribution in [2.24, 2.45) is 5.41 Å². The standard InChI is InChI=1S/C9H16IN3/c1-9(2,6-11-3)7-13-5-8(10)4-12-13/h4-5,11H,6-7H2,1-3H3. The third-order valence-electron chi connectivity index (χ3n) is 1.85. The van der Waals surface area contributed by atoms with Crippen molar-refractivity contribution in [3.63, 3.8) is 0 Å². The molecule has 0 saturated carbocycles. The lowest BCUT2D eigenvalue weighted by atomic mass is 9.94. The van der Waals surface area contributed by atoms with Crippen molar-refractivity contribution in [3.05, 3.63) is 16.0 Å². The summed E-state index contributed by atoms with van der Waals surface area (Å²) in [6.07, 6.45) is 3.95. The van der Waals surface area contributed by atoms with Crippen LogP contribution in [-0.2, 0) is 6.54 Å². The van der Waals surface area contributed by atoms with E-state index in [1.165, 1.54) is 3.57 Å². The van der Waals surface area contributed by atoms with Crippen LogP contribution in [0.3, 0.4) is 0 Å². The van der Waals surface area contributed by atoms with Crippen molar-refractivity contribution in [2.75, 3.05) is 13.6 Å². The number of hydrogen-bond acceptors (Lipinski definition) is 2. The van der Waals surface area contributed by atoms with E-state index in [9.17, 15) is 0 Å². The minimum atomic E-state index is 0.254. The quantitative estimate of drug-likeness (QED) is 0.857. The molecule has 1 aromatic heterocycles. The van der Waals surface area contributed by atoms with E-state index >= 15 is 0 Å². The van der Waals surface area contributed by atoms with Gasteiger partial charge < -0.3 is 5.32 Å². The van der Waals surface area contributed by atoms with Crippen molar-refractivity contribution in [1.82, 2.24) is 15.1 Å². The summed E-state index contributed by atoms with van der Waals surface area (Å²) in [5.41, 5.74) is 0.254. The van der Waals surface area contributed by atoms with Gasteiger partial charge in [-0.15, -0.1) is 0 Å². The normalized spacial score (nSPS) is 12.0. The summed E-state index contributed by atoms with van der Waals surface area (Å²) in [6.45, 7) is 6.43. The monoisotopic (exact) mass is 293 g/mol. The van der Waals surface area contributed by atoms with Gasteiger partial charge in [-0.3, -0.25) is 4.68 Å². The van der Waals surface area contributed by atoms with Gasteiger partial charge in [0.15, 0.2) is 0 Å². The maximum Gasteiger partial charge on any atom is 0.0623 e. The Labute approximate surface area is 93.0 Å². The Balaban J connectivity index is 2.57. The predicted octanol–water partition coefficient (Wildman–Crippen LogP) is 1.73. The van der Waals surface area contributed by atoms with Gasteiger partial charge in [-0.25, -0.2) is 0 Å². The Bertz CT molecular complexity index is 268. The van der Waals surface area contributed by atoms with E-state index in [1.807, 2.05) is 17.9 Å². The van der Waals surface area contributed by atoms with Crippen LogP contribution in [0.15, 0.2) is 12.4 Å². The fraction of sp³-hybridized carbons (Fsp3) is 0.667. The Morgan fingerprint density at radius 1 is 1.62 bits per heavy atom. The number of nitrogens with one attached hydrogen (secondary N) is 1. The molecule has 0 aliphatic carbocycles. The molecule has 0 saturated heterocycles. The van der Waals surface area contributed by atoms with Crippen molar-refractivity contribution in [3.8, 4) is 0 Å². The van der Waals surface area contributed by atoms with E-state index in [2.05, 4.69) is 53.1 Å². The van der Waals surface area contributed by atoms with Crippen LogP contribution in [0.2, 0.25) is 0 Å². The van der Waals surface area contributed by atoms with Gasteiger partial charge in [0.2, 0.25) is 0 Å². The third kappa shape index (κ3) is 3.64. The molecule has 0 atom stereocenters. The second-order valence-electron chi connectivity index (χ2n) is 4.05. The minimum absolute atomic E-state index is 0.254. The molecule has 0 aliphatic heterocycles. The molecule has 0 unspecified atom stereocenters. The molecule has 1 N–H and O–H groups in total. The van der Waals surface area contributed by atoms with Gasteiger partial charge >= 0.3 is 0 Å². The smallest absolute Gasteiger partial charge is 0.0623 e. The summed E-state index contributed by atoms with van der Waals surface area (Å²) in [7, 11) is 1.98. The first-order valence-electron chi connectivity index (χ1n) is 4.36. The maximum absolute atomic E-state index is 4.26. The molecule has 0 radical (unpaired) electrons. The molecule has 3 nitrogen and oxygen atoms in total. The van der Waals surface area contributed by atoms with Gasteiger partial charge in [0, 0.05) is 19.3 Å². The summed E-state index contributed by atoms with van der Waals surface area (Å²) in [5, 5.41) is 7.46. The number of halogens is 1. The van der Waals surface area contributed by atoms with Crippen LogP contribution in [0.4, 0.5) is 0 Å². The van der Waals surface area contributed by atoms with Crippen molar-refractivity contribution >= 4 is 22.6 Å². The number of nitrogens with zero attached hydrogens (tertiary/aromatic N) is 2. The van der Waals surface area contributed by atoms with E-state index < -0.39 is 0 Å². The van der Waals surface area contributed by atoms with Gasteiger partial charge in [0.25, 0.3) is 0 Å². The van der Waals surface area contributed by atoms with Crippen molar-refractivity contribution in [2.45, 2.75) is 20.4 Å². The summed E-state index contributed by atoms with van der Waals surface area (Å²) in [4.78, 5) is 0. The van der Waals surface area contributed by atoms with E-state index in [0.29, 0.717) is 0 Å². The van der Waals surface area contributed by atoms with Crippen LogP contribution in [0, 0.1) is 8.99 Å². The van der Waals surface area contributed by atoms with Crippen LogP contribution in [0.25, 0.3) is 0 Å². The molecule has 0 aromatic carbocycles. The van der Waals surface area contributed by atoms with Gasteiger partial charge in [0.1, 0.15) is 0 Å². The Kier molecular flexibility index (Phi) is 3.73. The van der Waals surface area contributed by atoms with Crippen LogP contribution in [0.1, 0.15) is 13.8 Å². The molecule has 1 aromatic rings. The zero-order valence-corrected chi connectivity index (χ0v) is 10.5. The van der Waals surface area contributed by atoms with Gasteiger partial charge in [-0.1, -0.05) is 13.8 Å². The molecule has 1 heterocycles. The summed E-state index contributed by atoms with van der Waals surface area (Å²) in [5.74, 6) is 0. The minimum Gasteiger partial charge on any atom is -0.319 e. The lowest BCUT2D eigenvalue weighted by Gasteiger charge is -2.23. The summed E-state index contributed by atoms with van der Waals surface area (Å²) < 4.78 is 3.19. The van der Waals surface area contributed by atoms with Crippen LogP contribution in [-0.4, -0.2) is 23.4 Å². The Hall–Kier alpha value is -0.100. The maximum atomic E-state index is 4.26. The lowest BCUT2D eigenvalue weighted by Crippen LogP contribution is -2.31. The van der Waals surface area contributed by atoms with E-state index in [1.54, 1.807) is 0 Å². The first-order valence-corrected chi connectivity index (χ1v) is 5.44. The van der Waals surface area contributed by atoms with E-state index in [-0.39, 0.29) is 5.41 Å². The first-order chi connectivity index (χ1) is 6.03. The number of rotatable bonds is 4. The van der Waals surface area contributed by atoms with Crippen molar-refractivity contribution in [1.29, 1.82) is 0 Å². The SMILES string of the molecule is CNCC(C)(C)Cn1cc(I)cn1. The third-order valence-corrected chi connectivity index (χ3v) is 2.40. The van der Waals surface area contributed by atoms with E-state index in [0.717, 1.165) is 13.1 Å². The molecule has 0 amide bonds. The highest BCUT2D eigenvalue weighted by Crippen LogP contribution is 2.16. The fourth-order valence-electron chi connectivity index (χ4n) is 1.40. The molecule has 0 bridgehead atoms. The molecule has 13 heavy (non-hydrogen) atoms. The summed E-state index contributed by atoms with van der Waals surface area (Å²) in [6, 6.07) is 0. The van der Waals surface area contributed by atoms with Gasteiger partial charge in [0.05, 0.1) is 9.77 Å². The molecule has 4 heteroatoms. The first kappa shape index (κ1) is 11.0. The molecular weight excluding hydrogens is 277 g/mol. The summed E-state index contributed by atoms with van der Waals surface area (Å²) >= 11 is 2.27. The zero-order chi connectivity index (χ0) is 9.90. The molecule has 0 spiro atoms. The highest BCUT2D eigenvalue weighted by Gasteiger charge is 2.17. The fourth-order valence-corrected chi connectivity index (χ4v) is 1.84. The number of hydrogen-bond donors (Lipinski definition) is 1. The highest BCUT2D eigenvalue weighted by molar-refractivity contribution is 14.1. The van der Waals surface area contributed by atoms with Gasteiger partial charge in [-0.05, 0) is 35.1 Å². The van der Waals surface area contributed by atoms with Crippen LogP contribution in [0.5, 0.6) is 0 Å². The van der Waals surface area contributed by atoms with Crippen molar-refractivity contribution < 1.29 is 0 Å². The molecule has 0 fully saturated rings. The average molecular weight is 293 g/mol. The average Bonchev–Trinajstić information content (AvgIpc) is 2.34. The van der Waals surface area contributed by atoms with Crippen LogP contribution < -0.4 is 5.32 Å². The topological polar surface area (TPSA) is 29.9 Å². The Morgan fingerprint density at radius 3 is 2.77 bits per heavy atom. The lowest BCUT2D eigenvalue weighted by molar-refractivity contribution is 0.283. The molecule has 1 rings (SSSR count). The largest absolute Gasteiger partial charge is 0.319 e. The second-order valence-corrected chi connectivity index (χ2v) is 5.30. The van der Waals surface area contributed by atoms with Gasteiger partial charge in [-0.2, -0.15) is 5.10 Å². The molecule has 0 aliphatic rings. The molecular formula is C9H16IN3. The highest BCUT2D eigenvalue weighted by atomic mass is 127. The number of aromatic nitrogens is 2. The van der Waals surface area contributed by atoms with E-state index in [4.69, 9.17) is 0 Å². The Morgan fingerprint density at radius 2 is 2.31 bits per heavy atom. The zero-order valence-electron chi connectivity index (χ0n) is 8.34.